The number of rotatable bonds is 8. The van der Waals surface area contributed by atoms with Gasteiger partial charge in [0.25, 0.3) is 0 Å². The number of halogens is 2. The number of benzene rings is 3. The van der Waals surface area contributed by atoms with Crippen LogP contribution in [-0.4, -0.2) is 34.7 Å². The summed E-state index contributed by atoms with van der Waals surface area (Å²) in [7, 11) is 0. The molecule has 190 valence electrons. The molecule has 4 N–H and O–H groups in total. The van der Waals surface area contributed by atoms with Gasteiger partial charge in [-0.3, -0.25) is 4.79 Å². The van der Waals surface area contributed by atoms with Gasteiger partial charge in [0.15, 0.2) is 0 Å². The van der Waals surface area contributed by atoms with Crippen molar-refractivity contribution in [1.82, 2.24) is 5.32 Å². The highest BCUT2D eigenvalue weighted by Crippen LogP contribution is 2.31. The summed E-state index contributed by atoms with van der Waals surface area (Å²) in [6, 6.07) is 17.9. The first-order valence-corrected chi connectivity index (χ1v) is 11.8. The second kappa shape index (κ2) is 12.2. The number of carboxylic acids is 1. The van der Waals surface area contributed by atoms with Crippen LogP contribution in [0.5, 0.6) is 11.5 Å². The van der Waals surface area contributed by atoms with Crippen molar-refractivity contribution in [3.63, 3.8) is 0 Å². The minimum atomic E-state index is -1.15. The predicted molar refractivity (Wildman–Crippen MR) is 142 cm³/mol. The number of carboxylic acid groups (broad SMARTS) is 1. The van der Waals surface area contributed by atoms with E-state index in [0.29, 0.717) is 23.1 Å². The highest BCUT2D eigenvalue weighted by Gasteiger charge is 2.21. The first-order chi connectivity index (χ1) is 16.8. The number of aryl methyl sites for hydroxylation is 1. The second-order valence-electron chi connectivity index (χ2n) is 8.65. The van der Waals surface area contributed by atoms with E-state index in [1.807, 2.05) is 30.3 Å². The van der Waals surface area contributed by atoms with E-state index in [0.717, 1.165) is 30.4 Å². The topological polar surface area (TPSA) is 108 Å². The molecule has 0 aromatic heterocycles. The molecule has 4 rings (SSSR count). The van der Waals surface area contributed by atoms with Gasteiger partial charge in [0.2, 0.25) is 5.91 Å². The van der Waals surface area contributed by atoms with E-state index in [1.54, 1.807) is 18.2 Å². The largest absolute Gasteiger partial charge is 0.478 e. The zero-order valence-corrected chi connectivity index (χ0v) is 21.2. The summed E-state index contributed by atoms with van der Waals surface area (Å²) in [5.41, 5.74) is 3.35. The number of aromatic carboxylic acids is 1. The maximum atomic E-state index is 11.6. The van der Waals surface area contributed by atoms with Gasteiger partial charge in [-0.1, -0.05) is 29.8 Å². The minimum absolute atomic E-state index is 0. The van der Waals surface area contributed by atoms with Crippen molar-refractivity contribution in [3.05, 3.63) is 87.9 Å². The lowest BCUT2D eigenvalue weighted by Gasteiger charge is -2.27. The molecule has 0 spiro atoms. The highest BCUT2D eigenvalue weighted by molar-refractivity contribution is 6.30. The normalized spacial score (nSPS) is 15.2. The van der Waals surface area contributed by atoms with Crippen LogP contribution >= 0.6 is 24.0 Å². The van der Waals surface area contributed by atoms with Crippen LogP contribution in [0.2, 0.25) is 5.02 Å². The quantitative estimate of drug-likeness (QED) is 0.311. The molecule has 0 heterocycles. The van der Waals surface area contributed by atoms with Crippen LogP contribution in [0.25, 0.3) is 0 Å². The Morgan fingerprint density at radius 2 is 1.83 bits per heavy atom. The summed E-state index contributed by atoms with van der Waals surface area (Å²) in [6.45, 7) is 1.75. The first kappa shape index (κ1) is 27.5. The summed E-state index contributed by atoms with van der Waals surface area (Å²) in [6.07, 6.45) is 2.02. The van der Waals surface area contributed by atoms with Gasteiger partial charge >= 0.3 is 5.97 Å². The molecule has 36 heavy (non-hydrogen) atoms. The Morgan fingerprint density at radius 1 is 1.08 bits per heavy atom. The number of anilines is 1. The molecule has 3 aromatic carbocycles. The summed E-state index contributed by atoms with van der Waals surface area (Å²) in [5, 5.41) is 26.6. The Balaban J connectivity index is 0.00000361. The summed E-state index contributed by atoms with van der Waals surface area (Å²) in [4.78, 5) is 23.0. The average molecular weight is 531 g/mol. The van der Waals surface area contributed by atoms with Crippen molar-refractivity contribution in [3.8, 4) is 11.5 Å². The van der Waals surface area contributed by atoms with Crippen LogP contribution in [0.15, 0.2) is 60.7 Å². The van der Waals surface area contributed by atoms with E-state index in [1.165, 1.54) is 24.6 Å². The molecular weight excluding hydrogens is 503 g/mol. The number of hydrogen-bond donors (Lipinski definition) is 4. The fourth-order valence-electron chi connectivity index (χ4n) is 4.28. The molecule has 0 bridgehead atoms. The van der Waals surface area contributed by atoms with Crippen LogP contribution in [0.4, 0.5) is 5.69 Å². The molecule has 1 amide bonds. The van der Waals surface area contributed by atoms with Crippen LogP contribution in [0.1, 0.15) is 46.5 Å². The van der Waals surface area contributed by atoms with Crippen LogP contribution in [0.3, 0.4) is 0 Å². The molecule has 0 radical (unpaired) electrons. The summed E-state index contributed by atoms with van der Waals surface area (Å²) in [5.74, 6) is -0.531. The highest BCUT2D eigenvalue weighted by atomic mass is 35.5. The third-order valence-corrected chi connectivity index (χ3v) is 6.24. The standard InChI is InChI=1S/C27H27ClN2O5.ClH/c1-16(31)30-25-10-9-23(14-24(25)27(33)34)35-22-8-6-17-5-7-21(12-19(17)13-22)29-15-26(32)18-3-2-4-20(28)11-18;/h2-4,6,8-11,13-14,21,26,29,32H,5,7,12,15H2,1H3,(H,30,31)(H,33,34);1H/t21-,26+;/m0./s1. The SMILES string of the molecule is CC(=O)Nc1ccc(Oc2ccc3c(c2)C[C@@H](NC[C@@H](O)c2cccc(Cl)c2)CC3)cc1C(=O)O.Cl. The van der Waals surface area contributed by atoms with Crippen molar-refractivity contribution in [2.24, 2.45) is 0 Å². The van der Waals surface area contributed by atoms with Gasteiger partial charge < -0.3 is 25.6 Å². The number of fused-ring (bicyclic) bond motifs is 1. The third-order valence-electron chi connectivity index (χ3n) is 6.01. The molecule has 3 aromatic rings. The average Bonchev–Trinajstić information content (AvgIpc) is 2.82. The molecule has 0 saturated carbocycles. The van der Waals surface area contributed by atoms with E-state index < -0.39 is 12.1 Å². The number of hydrogen-bond acceptors (Lipinski definition) is 5. The molecule has 1 aliphatic carbocycles. The van der Waals surface area contributed by atoms with Gasteiger partial charge in [-0.05, 0) is 78.4 Å². The number of aliphatic hydroxyl groups is 1. The van der Waals surface area contributed by atoms with Gasteiger partial charge in [0.1, 0.15) is 11.5 Å². The lowest BCUT2D eigenvalue weighted by Crippen LogP contribution is -2.37. The molecule has 0 unspecified atom stereocenters. The Morgan fingerprint density at radius 3 is 2.56 bits per heavy atom. The van der Waals surface area contributed by atoms with Crippen molar-refractivity contribution >= 4 is 41.6 Å². The molecule has 0 fully saturated rings. The maximum absolute atomic E-state index is 11.6. The van der Waals surface area contributed by atoms with E-state index in [-0.39, 0.29) is 35.6 Å². The van der Waals surface area contributed by atoms with Crippen molar-refractivity contribution < 1.29 is 24.5 Å². The number of carbonyl (C=O) groups excluding carboxylic acids is 1. The number of carbonyl (C=O) groups is 2. The Labute approximate surface area is 220 Å². The monoisotopic (exact) mass is 530 g/mol. The molecule has 7 nitrogen and oxygen atoms in total. The Kier molecular flexibility index (Phi) is 9.34. The van der Waals surface area contributed by atoms with Crippen LogP contribution in [0, 0.1) is 0 Å². The van der Waals surface area contributed by atoms with E-state index in [2.05, 4.69) is 10.6 Å². The fourth-order valence-corrected chi connectivity index (χ4v) is 4.48. The Hall–Kier alpha value is -3.10. The molecule has 2 atom stereocenters. The number of aliphatic hydroxyl groups excluding tert-OH is 1. The van der Waals surface area contributed by atoms with Gasteiger partial charge in [-0.15, -0.1) is 12.4 Å². The number of amides is 1. The van der Waals surface area contributed by atoms with E-state index in [9.17, 15) is 19.8 Å². The van der Waals surface area contributed by atoms with Crippen LogP contribution < -0.4 is 15.4 Å². The predicted octanol–water partition coefficient (Wildman–Crippen LogP) is 5.39. The third kappa shape index (κ3) is 6.98. The lowest BCUT2D eigenvalue weighted by atomic mass is 9.88. The molecular formula is C27H28Cl2N2O5. The summed E-state index contributed by atoms with van der Waals surface area (Å²) >= 11 is 6.03. The van der Waals surface area contributed by atoms with Crippen molar-refractivity contribution in [2.45, 2.75) is 38.3 Å². The smallest absolute Gasteiger partial charge is 0.337 e. The fraction of sp³-hybridized carbons (Fsp3) is 0.259. The van der Waals surface area contributed by atoms with Crippen molar-refractivity contribution in [1.29, 1.82) is 0 Å². The zero-order valence-electron chi connectivity index (χ0n) is 19.7. The second-order valence-corrected chi connectivity index (χ2v) is 9.08. The first-order valence-electron chi connectivity index (χ1n) is 11.4. The van der Waals surface area contributed by atoms with Gasteiger partial charge in [-0.25, -0.2) is 4.79 Å². The number of nitrogens with one attached hydrogen (secondary N) is 2. The van der Waals surface area contributed by atoms with Crippen molar-refractivity contribution in [2.75, 3.05) is 11.9 Å². The molecule has 9 heteroatoms. The van der Waals surface area contributed by atoms with E-state index >= 15 is 0 Å². The number of ether oxygens (including phenoxy) is 1. The minimum Gasteiger partial charge on any atom is -0.478 e. The van der Waals surface area contributed by atoms with Gasteiger partial charge in [-0.2, -0.15) is 0 Å². The van der Waals surface area contributed by atoms with Crippen LogP contribution in [-0.2, 0) is 17.6 Å². The molecule has 0 aliphatic heterocycles. The van der Waals surface area contributed by atoms with Gasteiger partial charge in [0.05, 0.1) is 17.4 Å². The summed E-state index contributed by atoms with van der Waals surface area (Å²) < 4.78 is 5.95. The lowest BCUT2D eigenvalue weighted by molar-refractivity contribution is -0.114. The molecule has 0 saturated heterocycles. The maximum Gasteiger partial charge on any atom is 0.337 e. The molecule has 1 aliphatic rings. The zero-order chi connectivity index (χ0) is 24.9. The Bertz CT molecular complexity index is 1250. The van der Waals surface area contributed by atoms with E-state index in [4.69, 9.17) is 16.3 Å². The van der Waals surface area contributed by atoms with Gasteiger partial charge in [0, 0.05) is 24.5 Å².